The van der Waals surface area contributed by atoms with Crippen LogP contribution in [0.3, 0.4) is 0 Å². The van der Waals surface area contributed by atoms with E-state index in [2.05, 4.69) is 52.1 Å². The number of fused-ring (bicyclic) bond motifs is 1. The first-order valence-corrected chi connectivity index (χ1v) is 10.3. The molecule has 150 valence electrons. The Morgan fingerprint density at radius 1 is 1.07 bits per heavy atom. The molecule has 4 nitrogen and oxygen atoms in total. The zero-order valence-corrected chi connectivity index (χ0v) is 17.7. The molecule has 3 rings (SSSR count). The van der Waals surface area contributed by atoms with Gasteiger partial charge in [-0.25, -0.2) is 0 Å². The van der Waals surface area contributed by atoms with E-state index in [0.717, 1.165) is 42.0 Å². The largest absolute Gasteiger partial charge is 0.494 e. The van der Waals surface area contributed by atoms with Crippen molar-refractivity contribution < 1.29 is 9.53 Å². The van der Waals surface area contributed by atoms with E-state index >= 15 is 0 Å². The lowest BCUT2D eigenvalue weighted by molar-refractivity contribution is 0.0399. The molecule has 0 bridgehead atoms. The van der Waals surface area contributed by atoms with Gasteiger partial charge in [0.1, 0.15) is 11.4 Å². The zero-order valence-electron chi connectivity index (χ0n) is 17.7. The third kappa shape index (κ3) is 3.87. The lowest BCUT2D eigenvalue weighted by Crippen LogP contribution is -2.58. The second kappa shape index (κ2) is 8.26. The van der Waals surface area contributed by atoms with Crippen molar-refractivity contribution in [3.63, 3.8) is 0 Å². The van der Waals surface area contributed by atoms with Crippen LogP contribution in [0.1, 0.15) is 63.4 Å². The second-order valence-corrected chi connectivity index (χ2v) is 8.23. The molecule has 0 saturated heterocycles. The van der Waals surface area contributed by atoms with E-state index in [1.54, 1.807) is 0 Å². The summed E-state index contributed by atoms with van der Waals surface area (Å²) in [5, 5.41) is 3.63. The van der Waals surface area contributed by atoms with Gasteiger partial charge in [-0.05, 0) is 62.4 Å². The maximum atomic E-state index is 13.3. The molecule has 4 heteroatoms. The van der Waals surface area contributed by atoms with Crippen molar-refractivity contribution in [1.82, 2.24) is 4.90 Å². The summed E-state index contributed by atoms with van der Waals surface area (Å²) in [6.07, 6.45) is 1.93. The minimum Gasteiger partial charge on any atom is -0.494 e. The zero-order chi connectivity index (χ0) is 20.3. The monoisotopic (exact) mass is 380 g/mol. The summed E-state index contributed by atoms with van der Waals surface area (Å²) in [6.45, 7) is 11.4. The number of nitrogens with one attached hydrogen (secondary N) is 1. The molecule has 1 N–H and O–H groups in total. The molecule has 2 unspecified atom stereocenters. The summed E-state index contributed by atoms with van der Waals surface area (Å²) < 4.78 is 5.86. The van der Waals surface area contributed by atoms with Crippen molar-refractivity contribution in [3.05, 3.63) is 59.7 Å². The topological polar surface area (TPSA) is 41.6 Å². The Morgan fingerprint density at radius 2 is 1.75 bits per heavy atom. The molecule has 0 saturated carbocycles. The van der Waals surface area contributed by atoms with Gasteiger partial charge in [0.25, 0.3) is 5.91 Å². The summed E-state index contributed by atoms with van der Waals surface area (Å²) in [5.74, 6) is 1.56. The minimum atomic E-state index is -0.614. The third-order valence-electron chi connectivity index (χ3n) is 5.65. The van der Waals surface area contributed by atoms with Gasteiger partial charge >= 0.3 is 0 Å². The number of para-hydroxylation sites is 1. The van der Waals surface area contributed by atoms with Crippen molar-refractivity contribution in [3.8, 4) is 5.75 Å². The van der Waals surface area contributed by atoms with Crippen LogP contribution in [0, 0.1) is 5.92 Å². The lowest BCUT2D eigenvalue weighted by Gasteiger charge is -2.49. The highest BCUT2D eigenvalue weighted by Crippen LogP contribution is 2.39. The molecule has 2 atom stereocenters. The van der Waals surface area contributed by atoms with Crippen molar-refractivity contribution in [1.29, 1.82) is 0 Å². The maximum absolute atomic E-state index is 13.3. The molecule has 1 heterocycles. The van der Waals surface area contributed by atoms with Gasteiger partial charge in [-0.15, -0.1) is 0 Å². The van der Waals surface area contributed by atoms with Gasteiger partial charge in [-0.2, -0.15) is 0 Å². The summed E-state index contributed by atoms with van der Waals surface area (Å²) in [7, 11) is 0. The van der Waals surface area contributed by atoms with Crippen LogP contribution in [0.15, 0.2) is 48.5 Å². The van der Waals surface area contributed by atoms with Crippen molar-refractivity contribution in [2.24, 2.45) is 5.92 Å². The second-order valence-electron chi connectivity index (χ2n) is 8.23. The maximum Gasteiger partial charge on any atom is 0.258 e. The van der Waals surface area contributed by atoms with Crippen LogP contribution in [0.2, 0.25) is 0 Å². The van der Waals surface area contributed by atoms with E-state index in [1.807, 2.05) is 41.3 Å². The summed E-state index contributed by atoms with van der Waals surface area (Å²) in [5.41, 5.74) is 2.05. The average molecular weight is 381 g/mol. The normalized spacial score (nSPS) is 19.9. The highest BCUT2D eigenvalue weighted by molar-refractivity contribution is 6.02. The SMILES string of the molecule is CCC(C)N1C(=O)c2ccccc2NC1(C)c1ccc(OCCC(C)C)cc1. The van der Waals surface area contributed by atoms with E-state index in [0.29, 0.717) is 5.92 Å². The Labute approximate surface area is 168 Å². The number of hydrogen-bond acceptors (Lipinski definition) is 3. The first kappa shape index (κ1) is 20.2. The molecule has 2 aromatic rings. The van der Waals surface area contributed by atoms with Crippen LogP contribution >= 0.6 is 0 Å². The number of carbonyl (C=O) groups excluding carboxylic acids is 1. The number of benzene rings is 2. The number of amides is 1. The number of anilines is 1. The molecule has 0 fully saturated rings. The van der Waals surface area contributed by atoms with Gasteiger partial charge < -0.3 is 15.0 Å². The predicted octanol–water partition coefficient (Wildman–Crippen LogP) is 5.65. The van der Waals surface area contributed by atoms with E-state index in [9.17, 15) is 4.79 Å². The quantitative estimate of drug-likeness (QED) is 0.675. The fourth-order valence-corrected chi connectivity index (χ4v) is 3.76. The predicted molar refractivity (Wildman–Crippen MR) is 115 cm³/mol. The van der Waals surface area contributed by atoms with Crippen LogP contribution in [-0.2, 0) is 5.66 Å². The number of ether oxygens (including phenoxy) is 1. The van der Waals surface area contributed by atoms with E-state index in [-0.39, 0.29) is 11.9 Å². The molecular formula is C24H32N2O2. The molecule has 2 aromatic carbocycles. The average Bonchev–Trinajstić information content (AvgIpc) is 2.68. The van der Waals surface area contributed by atoms with Crippen molar-refractivity contribution in [2.75, 3.05) is 11.9 Å². The van der Waals surface area contributed by atoms with Crippen molar-refractivity contribution in [2.45, 2.75) is 59.2 Å². The minimum absolute atomic E-state index is 0.0726. The molecule has 0 radical (unpaired) electrons. The fourth-order valence-electron chi connectivity index (χ4n) is 3.76. The lowest BCUT2D eigenvalue weighted by atomic mass is 9.91. The first-order valence-electron chi connectivity index (χ1n) is 10.3. The molecule has 1 amide bonds. The van der Waals surface area contributed by atoms with Gasteiger partial charge in [-0.3, -0.25) is 4.79 Å². The number of carbonyl (C=O) groups is 1. The molecule has 0 aromatic heterocycles. The Hall–Kier alpha value is -2.49. The van der Waals surface area contributed by atoms with Gasteiger partial charge in [0.15, 0.2) is 0 Å². The molecule has 28 heavy (non-hydrogen) atoms. The van der Waals surface area contributed by atoms with Crippen LogP contribution in [0.5, 0.6) is 5.75 Å². The van der Waals surface area contributed by atoms with Crippen LogP contribution in [0.4, 0.5) is 5.69 Å². The number of rotatable bonds is 7. The van der Waals surface area contributed by atoms with Gasteiger partial charge in [-0.1, -0.05) is 45.0 Å². The number of nitrogens with zero attached hydrogens (tertiary/aromatic N) is 1. The molecule has 1 aliphatic rings. The Balaban J connectivity index is 1.92. The van der Waals surface area contributed by atoms with E-state index in [4.69, 9.17) is 4.74 Å². The number of hydrogen-bond donors (Lipinski definition) is 1. The Bertz CT molecular complexity index is 816. The standard InChI is InChI=1S/C24H32N2O2/c1-6-18(4)26-23(27)21-9-7-8-10-22(21)25-24(26,5)19-11-13-20(14-12-19)28-16-15-17(2)3/h7-14,17-18,25H,6,15-16H2,1-5H3. The first-order chi connectivity index (χ1) is 13.4. The van der Waals surface area contributed by atoms with E-state index in [1.165, 1.54) is 0 Å². The van der Waals surface area contributed by atoms with E-state index < -0.39 is 5.66 Å². The molecule has 0 spiro atoms. The summed E-state index contributed by atoms with van der Waals surface area (Å²) in [4.78, 5) is 15.3. The molecular weight excluding hydrogens is 348 g/mol. The van der Waals surface area contributed by atoms with Crippen LogP contribution in [-0.4, -0.2) is 23.5 Å². The highest BCUT2D eigenvalue weighted by Gasteiger charge is 2.44. The summed E-state index contributed by atoms with van der Waals surface area (Å²) in [6, 6.07) is 16.0. The van der Waals surface area contributed by atoms with Crippen LogP contribution < -0.4 is 10.1 Å². The Kier molecular flexibility index (Phi) is 5.97. The van der Waals surface area contributed by atoms with Gasteiger partial charge in [0.2, 0.25) is 0 Å². The molecule has 0 aliphatic carbocycles. The van der Waals surface area contributed by atoms with Gasteiger partial charge in [0.05, 0.1) is 12.2 Å². The smallest absolute Gasteiger partial charge is 0.258 e. The summed E-state index contributed by atoms with van der Waals surface area (Å²) >= 11 is 0. The highest BCUT2D eigenvalue weighted by atomic mass is 16.5. The Morgan fingerprint density at radius 3 is 2.39 bits per heavy atom. The fraction of sp³-hybridized carbons (Fsp3) is 0.458. The van der Waals surface area contributed by atoms with Crippen LogP contribution in [0.25, 0.3) is 0 Å². The molecule has 1 aliphatic heterocycles. The third-order valence-corrected chi connectivity index (χ3v) is 5.65. The van der Waals surface area contributed by atoms with Crippen molar-refractivity contribution >= 4 is 11.6 Å². The van der Waals surface area contributed by atoms with Gasteiger partial charge in [0, 0.05) is 11.7 Å².